The van der Waals surface area contributed by atoms with E-state index < -0.39 is 29.5 Å². The number of rotatable bonds is 2. The Labute approximate surface area is 186 Å². The molecule has 0 N–H and O–H groups in total. The third kappa shape index (κ3) is 3.53. The van der Waals surface area contributed by atoms with Crippen molar-refractivity contribution in [2.24, 2.45) is 0 Å². The molecule has 3 fully saturated rings. The van der Waals surface area contributed by atoms with Crippen molar-refractivity contribution in [3.8, 4) is 0 Å². The molecule has 31 heavy (non-hydrogen) atoms. The Kier molecular flexibility index (Phi) is 5.05. The first-order valence-corrected chi connectivity index (χ1v) is 11.0. The van der Waals surface area contributed by atoms with Crippen LogP contribution in [0.2, 0.25) is 0 Å². The Hall–Kier alpha value is -2.39. The highest BCUT2D eigenvalue weighted by Gasteiger charge is 2.58. The predicted molar refractivity (Wildman–Crippen MR) is 110 cm³/mol. The second kappa shape index (κ2) is 7.63. The van der Waals surface area contributed by atoms with Crippen LogP contribution in [0.5, 0.6) is 0 Å². The van der Waals surface area contributed by atoms with Gasteiger partial charge in [-0.15, -0.1) is 0 Å². The summed E-state index contributed by atoms with van der Waals surface area (Å²) in [6, 6.07) is 6.40. The van der Waals surface area contributed by atoms with Gasteiger partial charge in [-0.05, 0) is 58.6 Å². The predicted octanol–water partition coefficient (Wildman–Crippen LogP) is 3.82. The first kappa shape index (κ1) is 20.5. The van der Waals surface area contributed by atoms with Crippen LogP contribution in [-0.2, 0) is 9.53 Å². The first-order chi connectivity index (χ1) is 14.9. The van der Waals surface area contributed by atoms with Gasteiger partial charge in [-0.25, -0.2) is 13.8 Å². The number of carbonyl (C=O) groups is 2. The van der Waals surface area contributed by atoms with Crippen molar-refractivity contribution >= 4 is 27.7 Å². The summed E-state index contributed by atoms with van der Waals surface area (Å²) < 4.78 is 34.5. The van der Waals surface area contributed by atoms with E-state index >= 15 is 0 Å². The summed E-state index contributed by atoms with van der Waals surface area (Å²) in [6.07, 6.45) is 3.14. The van der Waals surface area contributed by atoms with E-state index in [1.165, 1.54) is 12.1 Å². The average molecular weight is 492 g/mol. The van der Waals surface area contributed by atoms with Crippen LogP contribution >= 0.6 is 15.9 Å². The van der Waals surface area contributed by atoms with Crippen molar-refractivity contribution in [3.05, 3.63) is 63.9 Å². The molecular formula is C22H20BrF2N3O3. The molecule has 162 valence electrons. The molecule has 0 saturated carbocycles. The number of benzene rings is 1. The fraction of sp³-hybridized carbons (Fsp3) is 0.409. The van der Waals surface area contributed by atoms with Crippen molar-refractivity contribution in [1.29, 1.82) is 0 Å². The fourth-order valence-corrected chi connectivity index (χ4v) is 5.11. The summed E-state index contributed by atoms with van der Waals surface area (Å²) in [4.78, 5) is 33.6. The highest BCUT2D eigenvalue weighted by molar-refractivity contribution is 9.10. The lowest BCUT2D eigenvalue weighted by molar-refractivity contribution is -0.142. The number of pyridine rings is 1. The van der Waals surface area contributed by atoms with E-state index in [0.29, 0.717) is 50.0 Å². The Morgan fingerprint density at radius 2 is 1.84 bits per heavy atom. The standard InChI is InChI=1S/C22H20BrF2N3O3/c23-14-1-2-17(26-12-14)20(29)27-7-5-22(6-8-27)21(30)28-18(3-4-19(28)31-22)13-9-15(24)11-16(25)10-13/h1-2,9-12,18-19H,3-8H2. The second-order valence-corrected chi connectivity index (χ2v) is 9.14. The van der Waals surface area contributed by atoms with E-state index in [-0.39, 0.29) is 11.8 Å². The molecule has 5 rings (SSSR count). The van der Waals surface area contributed by atoms with E-state index in [1.807, 2.05) is 0 Å². The Morgan fingerprint density at radius 1 is 1.13 bits per heavy atom. The van der Waals surface area contributed by atoms with Crippen molar-refractivity contribution < 1.29 is 23.1 Å². The average Bonchev–Trinajstić information content (AvgIpc) is 3.26. The van der Waals surface area contributed by atoms with Crippen molar-refractivity contribution in [2.75, 3.05) is 13.1 Å². The van der Waals surface area contributed by atoms with E-state index in [0.717, 1.165) is 10.5 Å². The van der Waals surface area contributed by atoms with Gasteiger partial charge in [0, 0.05) is 42.7 Å². The molecule has 0 radical (unpaired) electrons. The zero-order valence-corrected chi connectivity index (χ0v) is 18.1. The topological polar surface area (TPSA) is 62.7 Å². The first-order valence-electron chi connectivity index (χ1n) is 10.2. The number of fused-ring (bicyclic) bond motifs is 1. The quantitative estimate of drug-likeness (QED) is 0.640. The molecule has 3 aliphatic heterocycles. The van der Waals surface area contributed by atoms with Gasteiger partial charge in [0.25, 0.3) is 11.8 Å². The Morgan fingerprint density at radius 3 is 2.48 bits per heavy atom. The minimum absolute atomic E-state index is 0.154. The summed E-state index contributed by atoms with van der Waals surface area (Å²) in [5.74, 6) is -1.65. The molecule has 2 unspecified atom stereocenters. The molecule has 2 amide bonds. The Bertz CT molecular complexity index is 1020. The minimum atomic E-state index is -0.987. The molecule has 6 nitrogen and oxygen atoms in total. The van der Waals surface area contributed by atoms with Crippen LogP contribution in [0.3, 0.4) is 0 Å². The number of halogens is 3. The molecular weight excluding hydrogens is 472 g/mol. The zero-order valence-electron chi connectivity index (χ0n) is 16.6. The van der Waals surface area contributed by atoms with Crippen molar-refractivity contribution in [2.45, 2.75) is 43.6 Å². The second-order valence-electron chi connectivity index (χ2n) is 8.23. The summed E-state index contributed by atoms with van der Waals surface area (Å²) in [5, 5.41) is 0. The number of ether oxygens (including phenoxy) is 1. The number of nitrogens with zero attached hydrogens (tertiary/aromatic N) is 3. The lowest BCUT2D eigenvalue weighted by Gasteiger charge is -2.37. The van der Waals surface area contributed by atoms with Gasteiger partial charge in [0.1, 0.15) is 23.6 Å². The number of piperidine rings is 1. The molecule has 4 heterocycles. The zero-order chi connectivity index (χ0) is 21.8. The number of aromatic nitrogens is 1. The summed E-state index contributed by atoms with van der Waals surface area (Å²) in [7, 11) is 0. The van der Waals surface area contributed by atoms with Crippen LogP contribution in [-0.4, -0.2) is 51.5 Å². The van der Waals surface area contributed by atoms with Gasteiger partial charge in [-0.2, -0.15) is 0 Å². The monoisotopic (exact) mass is 491 g/mol. The lowest BCUT2D eigenvalue weighted by Crippen LogP contribution is -2.51. The number of carbonyl (C=O) groups excluding carboxylic acids is 2. The van der Waals surface area contributed by atoms with E-state index in [4.69, 9.17) is 4.74 Å². The molecule has 2 atom stereocenters. The maximum Gasteiger partial charge on any atom is 0.272 e. The maximum absolute atomic E-state index is 13.7. The maximum atomic E-state index is 13.7. The fourth-order valence-electron chi connectivity index (χ4n) is 4.88. The van der Waals surface area contributed by atoms with Gasteiger partial charge in [0.05, 0.1) is 6.04 Å². The van der Waals surface area contributed by atoms with Gasteiger partial charge >= 0.3 is 0 Å². The van der Waals surface area contributed by atoms with Gasteiger partial charge < -0.3 is 14.5 Å². The molecule has 1 aromatic carbocycles. The highest BCUT2D eigenvalue weighted by atomic mass is 79.9. The SMILES string of the molecule is O=C(c1ccc(Br)cn1)N1CCC2(CC1)OC1CCC(c3cc(F)cc(F)c3)N1C2=O. The summed E-state index contributed by atoms with van der Waals surface area (Å²) in [5.41, 5.74) is -0.186. The number of likely N-dealkylation sites (tertiary alicyclic amines) is 1. The molecule has 3 aliphatic rings. The van der Waals surface area contributed by atoms with E-state index in [9.17, 15) is 18.4 Å². The normalized spacial score (nSPS) is 24.7. The third-order valence-electron chi connectivity index (χ3n) is 6.39. The van der Waals surface area contributed by atoms with Crippen LogP contribution in [0, 0.1) is 11.6 Å². The van der Waals surface area contributed by atoms with Crippen LogP contribution in [0.25, 0.3) is 0 Å². The largest absolute Gasteiger partial charge is 0.342 e. The van der Waals surface area contributed by atoms with Gasteiger partial charge in [-0.1, -0.05) is 0 Å². The van der Waals surface area contributed by atoms with Crippen molar-refractivity contribution in [1.82, 2.24) is 14.8 Å². The molecule has 1 aromatic heterocycles. The number of hydrogen-bond acceptors (Lipinski definition) is 4. The van der Waals surface area contributed by atoms with Crippen LogP contribution in [0.4, 0.5) is 8.78 Å². The molecule has 2 aromatic rings. The smallest absolute Gasteiger partial charge is 0.272 e. The van der Waals surface area contributed by atoms with Gasteiger partial charge in [0.15, 0.2) is 5.60 Å². The highest BCUT2D eigenvalue weighted by Crippen LogP contribution is 2.47. The lowest BCUT2D eigenvalue weighted by atomic mass is 9.89. The molecule has 0 aliphatic carbocycles. The van der Waals surface area contributed by atoms with Crippen LogP contribution < -0.4 is 0 Å². The van der Waals surface area contributed by atoms with E-state index in [2.05, 4.69) is 20.9 Å². The third-order valence-corrected chi connectivity index (χ3v) is 6.86. The van der Waals surface area contributed by atoms with Gasteiger partial charge in [-0.3, -0.25) is 9.59 Å². The van der Waals surface area contributed by atoms with Crippen molar-refractivity contribution in [3.63, 3.8) is 0 Å². The molecule has 3 saturated heterocycles. The molecule has 1 spiro atoms. The van der Waals surface area contributed by atoms with Crippen LogP contribution in [0.1, 0.15) is 47.8 Å². The minimum Gasteiger partial charge on any atom is -0.342 e. The number of amides is 2. The molecule has 9 heteroatoms. The number of hydrogen-bond donors (Lipinski definition) is 0. The van der Waals surface area contributed by atoms with Crippen LogP contribution in [0.15, 0.2) is 41.0 Å². The summed E-state index contributed by atoms with van der Waals surface area (Å²) in [6.45, 7) is 0.754. The summed E-state index contributed by atoms with van der Waals surface area (Å²) >= 11 is 3.30. The van der Waals surface area contributed by atoms with E-state index in [1.54, 1.807) is 28.1 Å². The van der Waals surface area contributed by atoms with Gasteiger partial charge in [0.2, 0.25) is 0 Å². The Balaban J connectivity index is 1.31. The molecule has 0 bridgehead atoms.